The van der Waals surface area contributed by atoms with Gasteiger partial charge in [-0.05, 0) is 24.5 Å². The van der Waals surface area contributed by atoms with Crippen molar-refractivity contribution in [2.75, 3.05) is 25.1 Å². The minimum atomic E-state index is 0.464. The van der Waals surface area contributed by atoms with Crippen molar-refractivity contribution in [3.8, 4) is 5.88 Å². The van der Waals surface area contributed by atoms with Crippen LogP contribution in [-0.4, -0.2) is 47.2 Å². The summed E-state index contributed by atoms with van der Waals surface area (Å²) in [6, 6.07) is 11.6. The van der Waals surface area contributed by atoms with Crippen LogP contribution >= 0.6 is 0 Å². The highest BCUT2D eigenvalue weighted by Gasteiger charge is 2.42. The molecule has 25 heavy (non-hydrogen) atoms. The molecule has 0 N–H and O–H groups in total. The van der Waals surface area contributed by atoms with Gasteiger partial charge in [0, 0.05) is 31.7 Å². The largest absolute Gasteiger partial charge is 0.478 e. The molecular weight excluding hydrogens is 312 g/mol. The van der Waals surface area contributed by atoms with E-state index in [1.807, 2.05) is 0 Å². The Morgan fingerprint density at radius 2 is 1.92 bits per heavy atom. The lowest BCUT2D eigenvalue weighted by molar-refractivity contribution is 0.210. The van der Waals surface area contributed by atoms with Gasteiger partial charge in [0.05, 0.1) is 19.0 Å². The molecule has 5 heteroatoms. The Hall–Kier alpha value is -2.40. The van der Waals surface area contributed by atoms with Gasteiger partial charge in [-0.15, -0.1) is 0 Å². The summed E-state index contributed by atoms with van der Waals surface area (Å²) in [5.74, 6) is 1.48. The first-order chi connectivity index (χ1) is 12.3. The number of piperazine rings is 1. The first-order valence-corrected chi connectivity index (χ1v) is 8.86. The van der Waals surface area contributed by atoms with Gasteiger partial charge in [-0.1, -0.05) is 36.9 Å². The molecule has 1 aromatic heterocycles. The van der Waals surface area contributed by atoms with Gasteiger partial charge < -0.3 is 9.64 Å². The first-order valence-electron chi connectivity index (χ1n) is 8.86. The molecule has 4 rings (SSSR count). The van der Waals surface area contributed by atoms with Gasteiger partial charge in [0.15, 0.2) is 5.82 Å². The molecule has 2 aliphatic heterocycles. The summed E-state index contributed by atoms with van der Waals surface area (Å²) in [4.78, 5) is 14.1. The van der Waals surface area contributed by atoms with Crippen LogP contribution in [-0.2, 0) is 6.54 Å². The molecule has 2 bridgehead atoms. The molecule has 0 amide bonds. The smallest absolute Gasteiger partial charge is 0.257 e. The maximum absolute atomic E-state index is 5.48. The number of anilines is 1. The van der Waals surface area contributed by atoms with Gasteiger partial charge in [0.2, 0.25) is 0 Å². The Kier molecular flexibility index (Phi) is 4.40. The fraction of sp³-hybridized carbons (Fsp3) is 0.400. The summed E-state index contributed by atoms with van der Waals surface area (Å²) < 4.78 is 5.48. The van der Waals surface area contributed by atoms with Crippen molar-refractivity contribution in [1.29, 1.82) is 0 Å². The van der Waals surface area contributed by atoms with E-state index < -0.39 is 0 Å². The molecule has 0 spiro atoms. The maximum atomic E-state index is 5.48. The Labute approximate surface area is 149 Å². The lowest BCUT2D eigenvalue weighted by Gasteiger charge is -2.42. The highest BCUT2D eigenvalue weighted by molar-refractivity contribution is 5.56. The number of hydrogen-bond acceptors (Lipinski definition) is 5. The number of nitrogens with zero attached hydrogens (tertiary/aromatic N) is 4. The second kappa shape index (κ2) is 6.84. The van der Waals surface area contributed by atoms with Gasteiger partial charge in [0.25, 0.3) is 5.88 Å². The molecule has 0 saturated carbocycles. The molecule has 2 aliphatic rings. The first kappa shape index (κ1) is 16.1. The van der Waals surface area contributed by atoms with Crippen LogP contribution in [0.4, 0.5) is 5.82 Å². The molecule has 2 unspecified atom stereocenters. The summed E-state index contributed by atoms with van der Waals surface area (Å²) in [6.45, 7) is 6.93. The molecule has 3 heterocycles. The topological polar surface area (TPSA) is 41.5 Å². The van der Waals surface area contributed by atoms with Crippen LogP contribution in [0.15, 0.2) is 43.1 Å². The number of rotatable bonds is 5. The average molecular weight is 336 g/mol. The van der Waals surface area contributed by atoms with E-state index in [9.17, 15) is 0 Å². The van der Waals surface area contributed by atoms with Crippen molar-refractivity contribution in [1.82, 2.24) is 14.9 Å². The standard InChI is InChI=1S/C20H24N4O/c1-3-16-11-21-20(25-2)19(22-16)24-17-9-10-18(24)14-23(13-17)12-15-7-5-4-6-8-15/h3-8,11,17-18H,1,9-10,12-14H2,2H3. The minimum absolute atomic E-state index is 0.464. The van der Waals surface area contributed by atoms with Crippen LogP contribution in [0.1, 0.15) is 24.1 Å². The summed E-state index contributed by atoms with van der Waals surface area (Å²) >= 11 is 0. The lowest BCUT2D eigenvalue weighted by Crippen LogP contribution is -2.54. The number of aromatic nitrogens is 2. The normalized spacial score (nSPS) is 22.8. The van der Waals surface area contributed by atoms with Crippen LogP contribution < -0.4 is 9.64 Å². The van der Waals surface area contributed by atoms with E-state index in [1.54, 1.807) is 19.4 Å². The molecule has 2 fully saturated rings. The zero-order valence-corrected chi connectivity index (χ0v) is 14.6. The maximum Gasteiger partial charge on any atom is 0.257 e. The number of likely N-dealkylation sites (tertiary alicyclic amines) is 1. The fourth-order valence-corrected chi connectivity index (χ4v) is 4.10. The zero-order valence-electron chi connectivity index (χ0n) is 14.6. The van der Waals surface area contributed by atoms with E-state index in [0.717, 1.165) is 31.1 Å². The van der Waals surface area contributed by atoms with Crippen molar-refractivity contribution < 1.29 is 4.74 Å². The van der Waals surface area contributed by atoms with Crippen molar-refractivity contribution in [2.45, 2.75) is 31.5 Å². The highest BCUT2D eigenvalue weighted by Crippen LogP contribution is 2.38. The second-order valence-electron chi connectivity index (χ2n) is 6.80. The van der Waals surface area contributed by atoms with Crippen LogP contribution in [0.5, 0.6) is 5.88 Å². The molecule has 0 radical (unpaired) electrons. The third-order valence-corrected chi connectivity index (χ3v) is 5.19. The van der Waals surface area contributed by atoms with E-state index in [2.05, 4.69) is 51.7 Å². The summed E-state index contributed by atoms with van der Waals surface area (Å²) in [5.41, 5.74) is 2.17. The van der Waals surface area contributed by atoms with Gasteiger partial charge in [-0.3, -0.25) is 4.90 Å². The van der Waals surface area contributed by atoms with Crippen LogP contribution in [0, 0.1) is 0 Å². The number of hydrogen-bond donors (Lipinski definition) is 0. The molecule has 0 aliphatic carbocycles. The molecule has 2 atom stereocenters. The van der Waals surface area contributed by atoms with Crippen LogP contribution in [0.2, 0.25) is 0 Å². The van der Waals surface area contributed by atoms with E-state index in [-0.39, 0.29) is 0 Å². The summed E-state index contributed by atoms with van der Waals surface area (Å²) in [5, 5.41) is 0. The number of fused-ring (bicyclic) bond motifs is 2. The van der Waals surface area contributed by atoms with Crippen molar-refractivity contribution in [3.63, 3.8) is 0 Å². The Morgan fingerprint density at radius 1 is 1.20 bits per heavy atom. The third-order valence-electron chi connectivity index (χ3n) is 5.19. The lowest BCUT2D eigenvalue weighted by atomic mass is 10.1. The van der Waals surface area contributed by atoms with Gasteiger partial charge in [-0.25, -0.2) is 9.97 Å². The van der Waals surface area contributed by atoms with Crippen molar-refractivity contribution in [3.05, 3.63) is 54.4 Å². The van der Waals surface area contributed by atoms with Gasteiger partial charge in [0.1, 0.15) is 0 Å². The summed E-state index contributed by atoms with van der Waals surface area (Å²) in [7, 11) is 1.66. The molecule has 1 aromatic carbocycles. The van der Waals surface area contributed by atoms with Gasteiger partial charge >= 0.3 is 0 Å². The molecule has 130 valence electrons. The monoisotopic (exact) mass is 336 g/mol. The van der Waals surface area contributed by atoms with E-state index in [4.69, 9.17) is 9.72 Å². The Bertz CT molecular complexity index is 735. The summed E-state index contributed by atoms with van der Waals surface area (Å²) in [6.07, 6.45) is 5.84. The van der Waals surface area contributed by atoms with Crippen molar-refractivity contribution >= 4 is 11.9 Å². The average Bonchev–Trinajstić information content (AvgIpc) is 2.92. The van der Waals surface area contributed by atoms with Crippen LogP contribution in [0.3, 0.4) is 0 Å². The quantitative estimate of drug-likeness (QED) is 0.840. The number of methoxy groups -OCH3 is 1. The van der Waals surface area contributed by atoms with E-state index in [0.29, 0.717) is 18.0 Å². The van der Waals surface area contributed by atoms with Gasteiger partial charge in [-0.2, -0.15) is 0 Å². The van der Waals surface area contributed by atoms with E-state index in [1.165, 1.54) is 18.4 Å². The van der Waals surface area contributed by atoms with Crippen LogP contribution in [0.25, 0.3) is 6.08 Å². The Morgan fingerprint density at radius 3 is 2.56 bits per heavy atom. The third kappa shape index (κ3) is 3.12. The predicted octanol–water partition coefficient (Wildman–Crippen LogP) is 2.98. The number of benzene rings is 1. The zero-order chi connectivity index (χ0) is 17.2. The van der Waals surface area contributed by atoms with E-state index >= 15 is 0 Å². The molecular formula is C20H24N4O. The fourth-order valence-electron chi connectivity index (χ4n) is 4.10. The second-order valence-corrected chi connectivity index (χ2v) is 6.80. The highest BCUT2D eigenvalue weighted by atomic mass is 16.5. The minimum Gasteiger partial charge on any atom is -0.478 e. The predicted molar refractivity (Wildman–Crippen MR) is 99.7 cm³/mol. The molecule has 2 saturated heterocycles. The number of ether oxygens (including phenoxy) is 1. The Balaban J connectivity index is 1.56. The molecule has 2 aromatic rings. The SMILES string of the molecule is C=Cc1cnc(OC)c(N2C3CCC2CN(Cc2ccccc2)C3)n1. The van der Waals surface area contributed by atoms with Crippen molar-refractivity contribution in [2.24, 2.45) is 0 Å². The molecule has 5 nitrogen and oxygen atoms in total.